The first-order valence-corrected chi connectivity index (χ1v) is 15.0. The third-order valence-electron chi connectivity index (χ3n) is 8.51. The number of nitrogens with zero attached hydrogens (tertiary/aromatic N) is 3. The number of aromatic nitrogens is 1. The Labute approximate surface area is 261 Å². The highest BCUT2D eigenvalue weighted by molar-refractivity contribution is 7.80. The molecule has 0 spiro atoms. The highest BCUT2D eigenvalue weighted by Crippen LogP contribution is 2.34. The van der Waals surface area contributed by atoms with Gasteiger partial charge in [-0.2, -0.15) is 13.2 Å². The van der Waals surface area contributed by atoms with Crippen molar-refractivity contribution in [1.29, 1.82) is 0 Å². The summed E-state index contributed by atoms with van der Waals surface area (Å²) >= 11 is 5.67. The molecule has 2 aromatic carbocycles. The number of esters is 1. The lowest BCUT2D eigenvalue weighted by atomic mass is 9.96. The Balaban J connectivity index is 1.26. The van der Waals surface area contributed by atoms with E-state index in [1.165, 1.54) is 13.2 Å². The number of likely N-dealkylation sites (tertiary alicyclic amines) is 1. The van der Waals surface area contributed by atoms with Crippen LogP contribution in [0.15, 0.2) is 54.2 Å². The summed E-state index contributed by atoms with van der Waals surface area (Å²) in [6, 6.07) is 12.9. The van der Waals surface area contributed by atoms with Gasteiger partial charge in [-0.3, -0.25) is 9.88 Å². The summed E-state index contributed by atoms with van der Waals surface area (Å²) in [5, 5.41) is 3.40. The minimum Gasteiger partial charge on any atom is -0.466 e. The molecular weight excluding hydrogens is 585 g/mol. The number of ether oxygens (including phenoxy) is 1. The molecule has 5 rings (SSSR count). The molecule has 0 saturated carbocycles. The second kappa shape index (κ2) is 13.2. The van der Waals surface area contributed by atoms with Crippen LogP contribution in [0, 0.1) is 6.92 Å². The predicted molar refractivity (Wildman–Crippen MR) is 171 cm³/mol. The van der Waals surface area contributed by atoms with Crippen LogP contribution in [0.3, 0.4) is 0 Å². The number of anilines is 1. The number of benzene rings is 2. The molecule has 2 aliphatic rings. The number of halogens is 3. The van der Waals surface area contributed by atoms with E-state index >= 15 is 0 Å². The van der Waals surface area contributed by atoms with E-state index in [4.69, 9.17) is 17.0 Å². The van der Waals surface area contributed by atoms with Crippen molar-refractivity contribution < 1.29 is 22.7 Å². The molecule has 10 heteroatoms. The highest BCUT2D eigenvalue weighted by Gasteiger charge is 2.35. The Kier molecular flexibility index (Phi) is 9.53. The molecule has 3 aromatic rings. The molecule has 0 amide bonds. The standard InChI is InChI=1S/C34H37F3N4O2S/c1-21-5-6-22(11-27(21)17-38-28-14-25-13-26(33(42)43-4)16-31(25)39-18-28)12-32(44)23-7-8-24(30(15-23)34(35,36)37)19-41-10-9-29(20-41)40(2)3/h5-8,11,13-15,18,29,38H,9-10,12,16-17,19-20H2,1-4H3. The van der Waals surface area contributed by atoms with Crippen molar-refractivity contribution in [3.8, 4) is 0 Å². The minimum absolute atomic E-state index is 0.267. The van der Waals surface area contributed by atoms with Crippen LogP contribution in [0.2, 0.25) is 0 Å². The maximum Gasteiger partial charge on any atom is 0.416 e. The number of rotatable bonds is 10. The lowest BCUT2D eigenvalue weighted by molar-refractivity contribution is -0.138. The maximum atomic E-state index is 14.2. The second-order valence-corrected chi connectivity index (χ2v) is 12.3. The summed E-state index contributed by atoms with van der Waals surface area (Å²) in [6.45, 7) is 4.34. The fourth-order valence-electron chi connectivity index (χ4n) is 5.84. The molecule has 0 bridgehead atoms. The van der Waals surface area contributed by atoms with Crippen molar-refractivity contribution in [3.63, 3.8) is 0 Å². The van der Waals surface area contributed by atoms with Gasteiger partial charge in [-0.15, -0.1) is 0 Å². The summed E-state index contributed by atoms with van der Waals surface area (Å²) < 4.78 is 47.3. The van der Waals surface area contributed by atoms with E-state index in [2.05, 4.69) is 20.1 Å². The summed E-state index contributed by atoms with van der Waals surface area (Å²) in [6.07, 6.45) is 0.837. The van der Waals surface area contributed by atoms with Gasteiger partial charge in [0.15, 0.2) is 0 Å². The predicted octanol–water partition coefficient (Wildman–Crippen LogP) is 6.23. The van der Waals surface area contributed by atoms with Gasteiger partial charge in [0.1, 0.15) is 0 Å². The molecular formula is C34H37F3N4O2S. The Morgan fingerprint density at radius 3 is 2.66 bits per heavy atom. The van der Waals surface area contributed by atoms with Crippen molar-refractivity contribution in [2.45, 2.75) is 51.5 Å². The van der Waals surface area contributed by atoms with Crippen molar-refractivity contribution in [2.24, 2.45) is 0 Å². The van der Waals surface area contributed by atoms with Crippen LogP contribution in [0.5, 0.6) is 0 Å². The van der Waals surface area contributed by atoms with Gasteiger partial charge in [-0.05, 0) is 79.0 Å². The third-order valence-corrected chi connectivity index (χ3v) is 8.89. The lowest BCUT2D eigenvalue weighted by Crippen LogP contribution is -2.31. The molecule has 1 atom stereocenters. The summed E-state index contributed by atoms with van der Waals surface area (Å²) in [7, 11) is 5.37. The molecule has 1 aromatic heterocycles. The average Bonchev–Trinajstić information content (AvgIpc) is 3.64. The minimum atomic E-state index is -4.46. The first-order valence-electron chi connectivity index (χ1n) is 14.6. The van der Waals surface area contributed by atoms with E-state index in [0.29, 0.717) is 41.4 Å². The van der Waals surface area contributed by atoms with E-state index in [0.717, 1.165) is 53.1 Å². The smallest absolute Gasteiger partial charge is 0.416 e. The number of methoxy groups -OCH3 is 1. The Bertz CT molecular complexity index is 1600. The fraction of sp³-hybridized carbons (Fsp3) is 0.382. The first kappa shape index (κ1) is 31.8. The molecule has 2 heterocycles. The van der Waals surface area contributed by atoms with E-state index in [-0.39, 0.29) is 18.1 Å². The topological polar surface area (TPSA) is 57.7 Å². The Morgan fingerprint density at radius 1 is 1.16 bits per heavy atom. The maximum absolute atomic E-state index is 14.2. The fourth-order valence-corrected chi connectivity index (χ4v) is 6.13. The SMILES string of the molecule is COC(=O)C1=Cc2cc(NCc3cc(CC(=S)c4ccc(CN5CCC(N(C)C)C5)c(C(F)(F)F)c4)ccc3C)cnc2C1. The molecule has 6 nitrogen and oxygen atoms in total. The molecule has 232 valence electrons. The molecule has 1 unspecified atom stereocenters. The average molecular weight is 623 g/mol. The van der Waals surface area contributed by atoms with Gasteiger partial charge < -0.3 is 15.0 Å². The number of likely N-dealkylation sites (N-methyl/N-ethyl adjacent to an activating group) is 1. The van der Waals surface area contributed by atoms with Gasteiger partial charge >= 0.3 is 12.1 Å². The molecule has 0 radical (unpaired) electrons. The summed E-state index contributed by atoms with van der Waals surface area (Å²) in [5.74, 6) is -0.353. The van der Waals surface area contributed by atoms with Crippen LogP contribution in [0.25, 0.3) is 6.08 Å². The molecule has 1 aliphatic heterocycles. The van der Waals surface area contributed by atoms with Gasteiger partial charge in [0, 0.05) is 55.5 Å². The van der Waals surface area contributed by atoms with E-state index in [1.807, 2.05) is 45.3 Å². The number of nitrogens with one attached hydrogen (secondary N) is 1. The third kappa shape index (κ3) is 7.36. The van der Waals surface area contributed by atoms with Crippen LogP contribution in [-0.2, 0) is 41.6 Å². The van der Waals surface area contributed by atoms with Gasteiger partial charge in [0.05, 0.1) is 30.3 Å². The molecule has 1 aliphatic carbocycles. The van der Waals surface area contributed by atoms with Crippen LogP contribution < -0.4 is 5.32 Å². The number of hydrogen-bond acceptors (Lipinski definition) is 7. The number of thiocarbonyl (C=S) groups is 1. The number of hydrogen-bond donors (Lipinski definition) is 1. The number of alkyl halides is 3. The van der Waals surface area contributed by atoms with E-state index in [1.54, 1.807) is 24.4 Å². The highest BCUT2D eigenvalue weighted by atomic mass is 32.1. The quantitative estimate of drug-likeness (QED) is 0.164. The van der Waals surface area contributed by atoms with Crippen LogP contribution in [-0.4, -0.2) is 66.0 Å². The Morgan fingerprint density at radius 2 is 1.95 bits per heavy atom. The second-order valence-electron chi connectivity index (χ2n) is 11.8. The zero-order chi connectivity index (χ0) is 31.6. The van der Waals surface area contributed by atoms with Crippen molar-refractivity contribution >= 4 is 34.8 Å². The van der Waals surface area contributed by atoms with Crippen molar-refractivity contribution in [3.05, 3.63) is 98.9 Å². The normalized spacial score (nSPS) is 16.6. The summed E-state index contributed by atoms with van der Waals surface area (Å²) in [5.41, 5.74) is 6.26. The number of fused-ring (bicyclic) bond motifs is 1. The Hall–Kier alpha value is -3.60. The van der Waals surface area contributed by atoms with Gasteiger partial charge in [0.2, 0.25) is 0 Å². The molecule has 44 heavy (non-hydrogen) atoms. The molecule has 1 saturated heterocycles. The number of carbonyl (C=O) groups is 1. The van der Waals surface area contributed by atoms with Crippen molar-refractivity contribution in [2.75, 3.05) is 39.6 Å². The van der Waals surface area contributed by atoms with Crippen LogP contribution >= 0.6 is 12.2 Å². The number of pyridine rings is 1. The van der Waals surface area contributed by atoms with E-state index in [9.17, 15) is 18.0 Å². The van der Waals surface area contributed by atoms with Gasteiger partial charge in [0.25, 0.3) is 0 Å². The van der Waals surface area contributed by atoms with E-state index < -0.39 is 11.7 Å². The van der Waals surface area contributed by atoms with Crippen LogP contribution in [0.4, 0.5) is 18.9 Å². The zero-order valence-corrected chi connectivity index (χ0v) is 26.2. The summed E-state index contributed by atoms with van der Waals surface area (Å²) in [4.78, 5) is 21.1. The largest absolute Gasteiger partial charge is 0.466 e. The lowest BCUT2D eigenvalue weighted by Gasteiger charge is -2.22. The molecule has 1 N–H and O–H groups in total. The molecule has 1 fully saturated rings. The van der Waals surface area contributed by atoms with Crippen LogP contribution in [0.1, 0.15) is 51.1 Å². The first-order chi connectivity index (χ1) is 20.9. The van der Waals surface area contributed by atoms with Crippen molar-refractivity contribution in [1.82, 2.24) is 14.8 Å². The number of carbonyl (C=O) groups excluding carboxylic acids is 1. The van der Waals surface area contributed by atoms with Gasteiger partial charge in [-0.1, -0.05) is 42.5 Å². The zero-order valence-electron chi connectivity index (χ0n) is 25.4. The van der Waals surface area contributed by atoms with Gasteiger partial charge in [-0.25, -0.2) is 4.79 Å². The monoisotopic (exact) mass is 622 g/mol. The number of aryl methyl sites for hydroxylation is 1.